The molecule has 204 valence electrons. The SMILES string of the molecule is O=C(O)CCCN1CC(C(=O)O)Oc2ccc(NC(=O)c3ccc(OCCCCc4ccccc4)cc3)cc21. The van der Waals surface area contributed by atoms with Crippen LogP contribution in [0, 0.1) is 0 Å². The number of aliphatic carboxylic acids is 2. The molecule has 1 amide bonds. The highest BCUT2D eigenvalue weighted by Gasteiger charge is 2.30. The Morgan fingerprint density at radius 3 is 2.44 bits per heavy atom. The fourth-order valence-corrected chi connectivity index (χ4v) is 4.36. The molecule has 3 N–H and O–H groups in total. The Bertz CT molecular complexity index is 1280. The lowest BCUT2D eigenvalue weighted by molar-refractivity contribution is -0.145. The van der Waals surface area contributed by atoms with Gasteiger partial charge in [-0.2, -0.15) is 0 Å². The zero-order valence-corrected chi connectivity index (χ0v) is 21.5. The first-order chi connectivity index (χ1) is 18.9. The molecule has 3 aromatic carbocycles. The van der Waals surface area contributed by atoms with Crippen molar-refractivity contribution in [3.8, 4) is 11.5 Å². The molecule has 39 heavy (non-hydrogen) atoms. The zero-order valence-electron chi connectivity index (χ0n) is 21.5. The Balaban J connectivity index is 1.31. The summed E-state index contributed by atoms with van der Waals surface area (Å²) in [6.45, 7) is 1.02. The van der Waals surface area contributed by atoms with Crippen LogP contribution in [-0.2, 0) is 16.0 Å². The van der Waals surface area contributed by atoms with Crippen molar-refractivity contribution in [3.63, 3.8) is 0 Å². The highest BCUT2D eigenvalue weighted by Crippen LogP contribution is 2.36. The number of hydrogen-bond donors (Lipinski definition) is 3. The summed E-state index contributed by atoms with van der Waals surface area (Å²) in [5.41, 5.74) is 2.89. The summed E-state index contributed by atoms with van der Waals surface area (Å²) in [6.07, 6.45) is 2.22. The third-order valence-corrected chi connectivity index (χ3v) is 6.39. The maximum absolute atomic E-state index is 12.9. The summed E-state index contributed by atoms with van der Waals surface area (Å²) in [4.78, 5) is 37.1. The average Bonchev–Trinajstić information content (AvgIpc) is 2.93. The van der Waals surface area contributed by atoms with Crippen molar-refractivity contribution in [2.45, 2.75) is 38.2 Å². The van der Waals surface area contributed by atoms with E-state index in [1.54, 1.807) is 47.4 Å². The van der Waals surface area contributed by atoms with Gasteiger partial charge in [0.2, 0.25) is 6.10 Å². The highest BCUT2D eigenvalue weighted by atomic mass is 16.5. The summed E-state index contributed by atoms with van der Waals surface area (Å²) in [7, 11) is 0. The summed E-state index contributed by atoms with van der Waals surface area (Å²) in [5.74, 6) is -1.25. The van der Waals surface area contributed by atoms with Crippen molar-refractivity contribution in [2.24, 2.45) is 0 Å². The molecule has 9 nitrogen and oxygen atoms in total. The Hall–Kier alpha value is -4.53. The molecule has 1 atom stereocenters. The van der Waals surface area contributed by atoms with Gasteiger partial charge in [0.25, 0.3) is 5.91 Å². The van der Waals surface area contributed by atoms with Crippen LogP contribution in [0.15, 0.2) is 72.8 Å². The van der Waals surface area contributed by atoms with E-state index in [4.69, 9.17) is 14.6 Å². The number of nitrogens with zero attached hydrogens (tertiary/aromatic N) is 1. The van der Waals surface area contributed by atoms with E-state index in [1.165, 1.54) is 5.56 Å². The smallest absolute Gasteiger partial charge is 0.346 e. The van der Waals surface area contributed by atoms with E-state index in [0.29, 0.717) is 48.0 Å². The minimum Gasteiger partial charge on any atom is -0.494 e. The molecular formula is C30H32N2O7. The lowest BCUT2D eigenvalue weighted by Crippen LogP contribution is -2.44. The van der Waals surface area contributed by atoms with Gasteiger partial charge < -0.3 is 29.9 Å². The van der Waals surface area contributed by atoms with Gasteiger partial charge in [-0.3, -0.25) is 9.59 Å². The topological polar surface area (TPSA) is 125 Å². The lowest BCUT2D eigenvalue weighted by Gasteiger charge is -2.35. The third kappa shape index (κ3) is 7.98. The maximum atomic E-state index is 12.9. The largest absolute Gasteiger partial charge is 0.494 e. The van der Waals surface area contributed by atoms with Crippen LogP contribution in [0.2, 0.25) is 0 Å². The second kappa shape index (κ2) is 13.3. The normalized spacial score (nSPS) is 14.2. The van der Waals surface area contributed by atoms with Gasteiger partial charge in [-0.1, -0.05) is 30.3 Å². The van der Waals surface area contributed by atoms with Crippen LogP contribution < -0.4 is 19.7 Å². The number of rotatable bonds is 13. The average molecular weight is 533 g/mol. The molecule has 3 aromatic rings. The number of aryl methyl sites for hydroxylation is 1. The second-order valence-electron chi connectivity index (χ2n) is 9.34. The van der Waals surface area contributed by atoms with Crippen molar-refractivity contribution < 1.29 is 34.1 Å². The van der Waals surface area contributed by atoms with Gasteiger partial charge in [0, 0.05) is 24.2 Å². The minimum absolute atomic E-state index is 0.0335. The molecule has 1 unspecified atom stereocenters. The van der Waals surface area contributed by atoms with E-state index in [1.807, 2.05) is 18.2 Å². The van der Waals surface area contributed by atoms with Crippen LogP contribution in [0.3, 0.4) is 0 Å². The number of carboxylic acid groups (broad SMARTS) is 2. The summed E-state index contributed by atoms with van der Waals surface area (Å²) in [5, 5.41) is 21.2. The fraction of sp³-hybridized carbons (Fsp3) is 0.300. The predicted molar refractivity (Wildman–Crippen MR) is 147 cm³/mol. The number of carbonyl (C=O) groups is 3. The van der Waals surface area contributed by atoms with Gasteiger partial charge in [-0.25, -0.2) is 4.79 Å². The van der Waals surface area contributed by atoms with Crippen LogP contribution in [-0.4, -0.2) is 53.9 Å². The summed E-state index contributed by atoms with van der Waals surface area (Å²) < 4.78 is 11.4. The number of carboxylic acids is 2. The molecule has 0 aromatic heterocycles. The molecule has 0 aliphatic carbocycles. The molecule has 0 bridgehead atoms. The monoisotopic (exact) mass is 532 g/mol. The highest BCUT2D eigenvalue weighted by molar-refractivity contribution is 6.04. The van der Waals surface area contributed by atoms with E-state index in [-0.39, 0.29) is 18.9 Å². The predicted octanol–water partition coefficient (Wildman–Crippen LogP) is 4.86. The fourth-order valence-electron chi connectivity index (χ4n) is 4.36. The van der Waals surface area contributed by atoms with Crippen LogP contribution >= 0.6 is 0 Å². The number of fused-ring (bicyclic) bond motifs is 1. The minimum atomic E-state index is -1.10. The molecule has 1 aliphatic heterocycles. The number of benzene rings is 3. The van der Waals surface area contributed by atoms with Crippen LogP contribution in [0.25, 0.3) is 0 Å². The zero-order chi connectivity index (χ0) is 27.6. The Kier molecular flexibility index (Phi) is 9.39. The molecule has 4 rings (SSSR count). The van der Waals surface area contributed by atoms with E-state index < -0.39 is 18.0 Å². The van der Waals surface area contributed by atoms with E-state index in [0.717, 1.165) is 19.3 Å². The molecule has 0 saturated heterocycles. The van der Waals surface area contributed by atoms with Crippen LogP contribution in [0.1, 0.15) is 41.6 Å². The third-order valence-electron chi connectivity index (χ3n) is 6.39. The van der Waals surface area contributed by atoms with Gasteiger partial charge in [0.05, 0.1) is 18.8 Å². The number of ether oxygens (including phenoxy) is 2. The Morgan fingerprint density at radius 1 is 0.949 bits per heavy atom. The Labute approximate surface area is 227 Å². The second-order valence-corrected chi connectivity index (χ2v) is 9.34. The molecule has 9 heteroatoms. The van der Waals surface area contributed by atoms with Crippen LogP contribution in [0.4, 0.5) is 11.4 Å². The number of hydrogen-bond acceptors (Lipinski definition) is 6. The van der Waals surface area contributed by atoms with Crippen molar-refractivity contribution in [2.75, 3.05) is 29.9 Å². The number of unbranched alkanes of at least 4 members (excludes halogenated alkanes) is 1. The van der Waals surface area contributed by atoms with E-state index >= 15 is 0 Å². The van der Waals surface area contributed by atoms with E-state index in [9.17, 15) is 19.5 Å². The first-order valence-electron chi connectivity index (χ1n) is 13.0. The molecule has 0 saturated carbocycles. The lowest BCUT2D eigenvalue weighted by atomic mass is 10.1. The standard InChI is InChI=1S/C30H32N2O7/c33-28(34)10-6-17-32-20-27(30(36)37)39-26-16-13-23(19-25(26)32)31-29(35)22-11-14-24(15-12-22)38-18-5-4-9-21-7-2-1-3-8-21/h1-3,7-8,11-16,19,27H,4-6,9-10,17-18,20H2,(H,31,35)(H,33,34)(H,36,37). The molecule has 1 heterocycles. The number of amides is 1. The first kappa shape index (κ1) is 27.5. The van der Waals surface area contributed by atoms with Gasteiger partial charge in [0.1, 0.15) is 11.5 Å². The van der Waals surface area contributed by atoms with Crippen LogP contribution in [0.5, 0.6) is 11.5 Å². The molecule has 0 radical (unpaired) electrons. The van der Waals surface area contributed by atoms with Crippen molar-refractivity contribution in [3.05, 3.63) is 83.9 Å². The maximum Gasteiger partial charge on any atom is 0.346 e. The van der Waals surface area contributed by atoms with Gasteiger partial charge in [-0.05, 0) is 73.7 Å². The van der Waals surface area contributed by atoms with Gasteiger partial charge in [0.15, 0.2) is 0 Å². The van der Waals surface area contributed by atoms with Crippen molar-refractivity contribution in [1.82, 2.24) is 0 Å². The molecule has 0 fully saturated rings. The number of nitrogens with one attached hydrogen (secondary N) is 1. The van der Waals surface area contributed by atoms with Gasteiger partial charge >= 0.3 is 11.9 Å². The Morgan fingerprint density at radius 2 is 1.72 bits per heavy atom. The number of carbonyl (C=O) groups excluding carboxylic acids is 1. The van der Waals surface area contributed by atoms with Gasteiger partial charge in [-0.15, -0.1) is 0 Å². The summed E-state index contributed by atoms with van der Waals surface area (Å²) in [6, 6.07) is 22.2. The van der Waals surface area contributed by atoms with E-state index in [2.05, 4.69) is 17.4 Å². The number of anilines is 2. The van der Waals surface area contributed by atoms with Crippen molar-refractivity contribution >= 4 is 29.2 Å². The molecule has 1 aliphatic rings. The van der Waals surface area contributed by atoms with Crippen molar-refractivity contribution in [1.29, 1.82) is 0 Å². The first-order valence-corrected chi connectivity index (χ1v) is 13.0. The quantitative estimate of drug-likeness (QED) is 0.267. The molecule has 0 spiro atoms. The summed E-state index contributed by atoms with van der Waals surface area (Å²) >= 11 is 0. The molecular weight excluding hydrogens is 500 g/mol.